The van der Waals surface area contributed by atoms with Crippen molar-refractivity contribution in [1.29, 1.82) is 0 Å². The minimum absolute atomic E-state index is 0.126. The number of rotatable bonds is 7. The Balaban J connectivity index is 1.74. The van der Waals surface area contributed by atoms with Gasteiger partial charge in [0.2, 0.25) is 10.0 Å². The zero-order valence-electron chi connectivity index (χ0n) is 15.1. The number of sulfonamides is 1. The first-order valence-corrected chi connectivity index (χ1v) is 10.5. The Labute approximate surface area is 151 Å². The molecule has 7 heteroatoms. The SMILES string of the molecule is CC[C@H](C)NC(=O)NCCC1CCN(S(=O)(=O)c2ccccc2)CC1. The first-order chi connectivity index (χ1) is 11.9. The lowest BCUT2D eigenvalue weighted by atomic mass is 9.95. The van der Waals surface area contributed by atoms with E-state index in [1.165, 1.54) is 0 Å². The second-order valence-corrected chi connectivity index (χ2v) is 8.60. The van der Waals surface area contributed by atoms with Crippen molar-refractivity contribution in [2.24, 2.45) is 5.92 Å². The number of benzene rings is 1. The molecule has 0 unspecified atom stereocenters. The molecule has 25 heavy (non-hydrogen) atoms. The summed E-state index contributed by atoms with van der Waals surface area (Å²) < 4.78 is 26.7. The van der Waals surface area contributed by atoms with Crippen LogP contribution in [0.5, 0.6) is 0 Å². The summed E-state index contributed by atoms with van der Waals surface area (Å²) in [5, 5.41) is 5.76. The molecule has 1 atom stereocenters. The predicted octanol–water partition coefficient (Wildman–Crippen LogP) is 2.58. The number of nitrogens with one attached hydrogen (secondary N) is 2. The lowest BCUT2D eigenvalue weighted by molar-refractivity contribution is 0.233. The number of nitrogens with zero attached hydrogens (tertiary/aromatic N) is 1. The van der Waals surface area contributed by atoms with Crippen molar-refractivity contribution in [2.45, 2.75) is 50.5 Å². The summed E-state index contributed by atoms with van der Waals surface area (Å²) in [6.07, 6.45) is 3.45. The number of urea groups is 1. The summed E-state index contributed by atoms with van der Waals surface area (Å²) in [7, 11) is -3.38. The molecule has 0 radical (unpaired) electrons. The molecule has 2 amide bonds. The van der Waals surface area contributed by atoms with Crippen LogP contribution >= 0.6 is 0 Å². The third-order valence-electron chi connectivity index (χ3n) is 4.78. The number of piperidine rings is 1. The fraction of sp³-hybridized carbons (Fsp3) is 0.611. The summed E-state index contributed by atoms with van der Waals surface area (Å²) in [5.41, 5.74) is 0. The fourth-order valence-corrected chi connectivity index (χ4v) is 4.44. The quantitative estimate of drug-likeness (QED) is 0.777. The molecule has 1 saturated heterocycles. The van der Waals surface area contributed by atoms with Crippen LogP contribution in [-0.2, 0) is 10.0 Å². The lowest BCUT2D eigenvalue weighted by Gasteiger charge is -2.31. The largest absolute Gasteiger partial charge is 0.338 e. The van der Waals surface area contributed by atoms with Gasteiger partial charge < -0.3 is 10.6 Å². The Morgan fingerprint density at radius 3 is 2.48 bits per heavy atom. The number of carbonyl (C=O) groups is 1. The number of carbonyl (C=O) groups excluding carboxylic acids is 1. The summed E-state index contributed by atoms with van der Waals surface area (Å²) >= 11 is 0. The normalized spacial score (nSPS) is 17.8. The summed E-state index contributed by atoms with van der Waals surface area (Å²) in [6, 6.07) is 8.63. The van der Waals surface area contributed by atoms with Gasteiger partial charge in [-0.25, -0.2) is 13.2 Å². The van der Waals surface area contributed by atoms with Crippen molar-refractivity contribution in [3.8, 4) is 0 Å². The van der Waals surface area contributed by atoms with E-state index >= 15 is 0 Å². The van der Waals surface area contributed by atoms with Gasteiger partial charge in [-0.05, 0) is 50.7 Å². The van der Waals surface area contributed by atoms with Gasteiger partial charge in [0.05, 0.1) is 4.90 Å². The van der Waals surface area contributed by atoms with E-state index in [-0.39, 0.29) is 12.1 Å². The van der Waals surface area contributed by atoms with E-state index in [1.54, 1.807) is 28.6 Å². The first-order valence-electron chi connectivity index (χ1n) is 9.03. The van der Waals surface area contributed by atoms with E-state index < -0.39 is 10.0 Å². The average Bonchev–Trinajstić information content (AvgIpc) is 2.62. The van der Waals surface area contributed by atoms with Crippen molar-refractivity contribution in [1.82, 2.24) is 14.9 Å². The summed E-state index contributed by atoms with van der Waals surface area (Å²) in [6.45, 7) is 5.71. The summed E-state index contributed by atoms with van der Waals surface area (Å²) in [4.78, 5) is 12.0. The van der Waals surface area contributed by atoms with Gasteiger partial charge in [0.15, 0.2) is 0 Å². The number of hydrogen-bond acceptors (Lipinski definition) is 3. The highest BCUT2D eigenvalue weighted by Gasteiger charge is 2.29. The highest BCUT2D eigenvalue weighted by atomic mass is 32.2. The molecule has 6 nitrogen and oxygen atoms in total. The van der Waals surface area contributed by atoms with Crippen LogP contribution in [0, 0.1) is 5.92 Å². The molecule has 0 aromatic heterocycles. The van der Waals surface area contributed by atoms with Gasteiger partial charge in [-0.15, -0.1) is 0 Å². The van der Waals surface area contributed by atoms with Crippen molar-refractivity contribution >= 4 is 16.1 Å². The molecule has 2 rings (SSSR count). The topological polar surface area (TPSA) is 78.5 Å². The molecule has 0 spiro atoms. The molecule has 1 heterocycles. The van der Waals surface area contributed by atoms with Gasteiger partial charge in [0.25, 0.3) is 0 Å². The van der Waals surface area contributed by atoms with Gasteiger partial charge in [-0.1, -0.05) is 25.1 Å². The van der Waals surface area contributed by atoms with Gasteiger partial charge in [-0.3, -0.25) is 0 Å². The van der Waals surface area contributed by atoms with Gasteiger partial charge in [-0.2, -0.15) is 4.31 Å². The first kappa shape index (κ1) is 19.7. The average molecular weight is 368 g/mol. The predicted molar refractivity (Wildman–Crippen MR) is 98.8 cm³/mol. The molecular weight excluding hydrogens is 338 g/mol. The molecule has 1 fully saturated rings. The van der Waals surface area contributed by atoms with Crippen molar-refractivity contribution < 1.29 is 13.2 Å². The van der Waals surface area contributed by atoms with Gasteiger partial charge >= 0.3 is 6.03 Å². The van der Waals surface area contributed by atoms with Crippen LogP contribution < -0.4 is 10.6 Å². The molecule has 140 valence electrons. The van der Waals surface area contributed by atoms with Crippen molar-refractivity contribution in [2.75, 3.05) is 19.6 Å². The van der Waals surface area contributed by atoms with Crippen molar-refractivity contribution in [3.05, 3.63) is 30.3 Å². The summed E-state index contributed by atoms with van der Waals surface area (Å²) in [5.74, 6) is 0.450. The smallest absolute Gasteiger partial charge is 0.314 e. The Morgan fingerprint density at radius 2 is 1.88 bits per heavy atom. The molecule has 0 saturated carbocycles. The Hall–Kier alpha value is -1.60. The maximum Gasteiger partial charge on any atom is 0.314 e. The van der Waals surface area contributed by atoms with Crippen LogP contribution in [-0.4, -0.2) is 44.4 Å². The van der Waals surface area contributed by atoms with Gasteiger partial charge in [0.1, 0.15) is 0 Å². The van der Waals surface area contributed by atoms with E-state index in [4.69, 9.17) is 0 Å². The zero-order valence-corrected chi connectivity index (χ0v) is 15.9. The lowest BCUT2D eigenvalue weighted by Crippen LogP contribution is -2.42. The molecule has 1 aromatic carbocycles. The molecule has 1 aliphatic rings. The van der Waals surface area contributed by atoms with E-state index in [9.17, 15) is 13.2 Å². The van der Waals surface area contributed by atoms with E-state index in [2.05, 4.69) is 10.6 Å². The Morgan fingerprint density at radius 1 is 1.24 bits per heavy atom. The molecule has 0 aliphatic carbocycles. The highest BCUT2D eigenvalue weighted by Crippen LogP contribution is 2.25. The fourth-order valence-electron chi connectivity index (χ4n) is 2.95. The van der Waals surface area contributed by atoms with E-state index in [1.807, 2.05) is 19.9 Å². The Bertz CT molecular complexity index is 641. The van der Waals surface area contributed by atoms with Crippen LogP contribution in [0.25, 0.3) is 0 Å². The molecular formula is C18H29N3O3S. The van der Waals surface area contributed by atoms with Gasteiger partial charge in [0, 0.05) is 25.7 Å². The maximum absolute atomic E-state index is 12.6. The Kier molecular flexibility index (Phi) is 7.25. The minimum Gasteiger partial charge on any atom is -0.338 e. The van der Waals surface area contributed by atoms with Crippen molar-refractivity contribution in [3.63, 3.8) is 0 Å². The third kappa shape index (κ3) is 5.71. The van der Waals surface area contributed by atoms with E-state index in [0.717, 1.165) is 25.7 Å². The monoisotopic (exact) mass is 367 g/mol. The number of amides is 2. The standard InChI is InChI=1S/C18H29N3O3S/c1-3-15(2)20-18(22)19-12-9-16-10-13-21(14-11-16)25(23,24)17-7-5-4-6-8-17/h4-8,15-16H,3,9-14H2,1-2H3,(H2,19,20,22)/t15-/m0/s1. The van der Waals surface area contributed by atoms with Crippen LogP contribution in [0.2, 0.25) is 0 Å². The second-order valence-electron chi connectivity index (χ2n) is 6.66. The zero-order chi connectivity index (χ0) is 18.3. The minimum atomic E-state index is -3.38. The molecule has 2 N–H and O–H groups in total. The van der Waals surface area contributed by atoms with Crippen LogP contribution in [0.1, 0.15) is 39.5 Å². The molecule has 1 aromatic rings. The second kappa shape index (κ2) is 9.20. The number of hydrogen-bond donors (Lipinski definition) is 2. The third-order valence-corrected chi connectivity index (χ3v) is 6.70. The van der Waals surface area contributed by atoms with E-state index in [0.29, 0.717) is 30.4 Å². The van der Waals surface area contributed by atoms with Crippen LogP contribution in [0.15, 0.2) is 35.2 Å². The highest BCUT2D eigenvalue weighted by molar-refractivity contribution is 7.89. The molecule has 1 aliphatic heterocycles. The van der Waals surface area contributed by atoms with Crippen LogP contribution in [0.3, 0.4) is 0 Å². The molecule has 0 bridgehead atoms. The maximum atomic E-state index is 12.6. The van der Waals surface area contributed by atoms with Crippen LogP contribution in [0.4, 0.5) is 4.79 Å².